The van der Waals surface area contributed by atoms with Gasteiger partial charge >= 0.3 is 0 Å². The van der Waals surface area contributed by atoms with Crippen molar-refractivity contribution in [2.45, 2.75) is 11.8 Å². The Morgan fingerprint density at radius 3 is 2.43 bits per heavy atom. The Morgan fingerprint density at radius 1 is 1.00 bits per heavy atom. The summed E-state index contributed by atoms with van der Waals surface area (Å²) in [5.74, 6) is 0.657. The van der Waals surface area contributed by atoms with E-state index >= 15 is 0 Å². The monoisotopic (exact) mass is 431 g/mol. The molecule has 0 spiro atoms. The predicted molar refractivity (Wildman–Crippen MR) is 112 cm³/mol. The summed E-state index contributed by atoms with van der Waals surface area (Å²) >= 11 is 0. The van der Waals surface area contributed by atoms with Gasteiger partial charge in [-0.25, -0.2) is 8.42 Å². The molecule has 30 heavy (non-hydrogen) atoms. The fourth-order valence-corrected chi connectivity index (χ4v) is 5.15. The Morgan fingerprint density at radius 2 is 1.73 bits per heavy atom. The van der Waals surface area contributed by atoms with Gasteiger partial charge in [0, 0.05) is 50.9 Å². The molecule has 3 heterocycles. The SMILES string of the molecule is CC(=O)c1cccc(S(=O)(=O)N2CCN(c3cnnc(N4CCOCC4)c3)CC2)c1. The Kier molecular flexibility index (Phi) is 5.98. The van der Waals surface area contributed by atoms with E-state index in [2.05, 4.69) is 20.0 Å². The van der Waals surface area contributed by atoms with Crippen LogP contribution in [0.2, 0.25) is 0 Å². The Hall–Kier alpha value is -2.56. The minimum absolute atomic E-state index is 0.155. The molecule has 1 aromatic carbocycles. The fourth-order valence-electron chi connectivity index (χ4n) is 3.68. The molecule has 0 saturated carbocycles. The first-order valence-electron chi connectivity index (χ1n) is 9.97. The summed E-state index contributed by atoms with van der Waals surface area (Å²) in [5.41, 5.74) is 1.33. The van der Waals surface area contributed by atoms with Gasteiger partial charge in [-0.05, 0) is 19.1 Å². The minimum Gasteiger partial charge on any atom is -0.378 e. The molecule has 0 N–H and O–H groups in total. The smallest absolute Gasteiger partial charge is 0.243 e. The van der Waals surface area contributed by atoms with Crippen LogP contribution in [-0.2, 0) is 14.8 Å². The summed E-state index contributed by atoms with van der Waals surface area (Å²) in [7, 11) is -3.64. The number of carbonyl (C=O) groups is 1. The van der Waals surface area contributed by atoms with Gasteiger partial charge in [0.25, 0.3) is 0 Å². The lowest BCUT2D eigenvalue weighted by Crippen LogP contribution is -2.48. The van der Waals surface area contributed by atoms with Crippen LogP contribution in [0.3, 0.4) is 0 Å². The molecule has 10 heteroatoms. The Labute approximate surface area is 176 Å². The van der Waals surface area contributed by atoms with Crippen LogP contribution in [0.15, 0.2) is 41.4 Å². The highest BCUT2D eigenvalue weighted by Crippen LogP contribution is 2.24. The van der Waals surface area contributed by atoms with Crippen LogP contribution < -0.4 is 9.80 Å². The molecule has 0 bridgehead atoms. The van der Waals surface area contributed by atoms with Crippen LogP contribution in [-0.4, -0.2) is 81.2 Å². The molecule has 2 saturated heterocycles. The average molecular weight is 432 g/mol. The van der Waals surface area contributed by atoms with E-state index in [-0.39, 0.29) is 10.7 Å². The first kappa shape index (κ1) is 20.7. The number of anilines is 2. The molecule has 2 aromatic rings. The van der Waals surface area contributed by atoms with Crippen LogP contribution in [0, 0.1) is 0 Å². The zero-order valence-electron chi connectivity index (χ0n) is 16.9. The largest absolute Gasteiger partial charge is 0.378 e. The van der Waals surface area contributed by atoms with Crippen LogP contribution >= 0.6 is 0 Å². The number of sulfonamides is 1. The van der Waals surface area contributed by atoms with Gasteiger partial charge < -0.3 is 14.5 Å². The Balaban J connectivity index is 1.45. The quantitative estimate of drug-likeness (QED) is 0.648. The van der Waals surface area contributed by atoms with Crippen molar-refractivity contribution in [1.82, 2.24) is 14.5 Å². The highest BCUT2D eigenvalue weighted by Gasteiger charge is 2.29. The first-order valence-corrected chi connectivity index (χ1v) is 11.4. The third-order valence-electron chi connectivity index (χ3n) is 5.44. The van der Waals surface area contributed by atoms with E-state index in [0.29, 0.717) is 45.0 Å². The van der Waals surface area contributed by atoms with Crippen LogP contribution in [0.4, 0.5) is 11.5 Å². The van der Waals surface area contributed by atoms with Crippen molar-refractivity contribution in [3.63, 3.8) is 0 Å². The normalized spacial score (nSPS) is 18.4. The molecule has 2 fully saturated rings. The number of rotatable bonds is 5. The molecule has 0 amide bonds. The highest BCUT2D eigenvalue weighted by molar-refractivity contribution is 7.89. The minimum atomic E-state index is -3.64. The maximum absolute atomic E-state index is 13.0. The topological polar surface area (TPSA) is 95.9 Å². The Bertz CT molecular complexity index is 1020. The van der Waals surface area contributed by atoms with Crippen LogP contribution in [0.1, 0.15) is 17.3 Å². The third-order valence-corrected chi connectivity index (χ3v) is 7.34. The molecular formula is C20H25N5O4S. The van der Waals surface area contributed by atoms with Crippen molar-refractivity contribution in [1.29, 1.82) is 0 Å². The van der Waals surface area contributed by atoms with E-state index in [1.165, 1.54) is 23.4 Å². The van der Waals surface area contributed by atoms with Crippen molar-refractivity contribution in [2.24, 2.45) is 0 Å². The lowest BCUT2D eigenvalue weighted by Gasteiger charge is -2.35. The van der Waals surface area contributed by atoms with E-state index < -0.39 is 10.0 Å². The van der Waals surface area contributed by atoms with E-state index in [1.807, 2.05) is 6.07 Å². The lowest BCUT2D eigenvalue weighted by atomic mass is 10.2. The van der Waals surface area contributed by atoms with Gasteiger partial charge in [-0.1, -0.05) is 12.1 Å². The molecule has 0 atom stereocenters. The number of Topliss-reactive ketones (excluding diaryl/α,β-unsaturated/α-hetero) is 1. The summed E-state index contributed by atoms with van der Waals surface area (Å²) in [6.07, 6.45) is 1.71. The summed E-state index contributed by atoms with van der Waals surface area (Å²) < 4.78 is 32.9. The molecule has 0 radical (unpaired) electrons. The summed E-state index contributed by atoms with van der Waals surface area (Å²) in [5, 5.41) is 8.37. The number of morpholine rings is 1. The van der Waals surface area contributed by atoms with E-state index in [0.717, 1.165) is 24.6 Å². The molecule has 160 valence electrons. The molecule has 1 aromatic heterocycles. The number of hydrogen-bond donors (Lipinski definition) is 0. The van der Waals surface area contributed by atoms with Crippen molar-refractivity contribution < 1.29 is 17.9 Å². The van der Waals surface area contributed by atoms with Crippen molar-refractivity contribution >= 4 is 27.3 Å². The number of hydrogen-bond acceptors (Lipinski definition) is 8. The zero-order chi connectivity index (χ0) is 21.1. The first-order chi connectivity index (χ1) is 14.4. The standard InChI is InChI=1S/C20H25N5O4S/c1-16(26)17-3-2-4-19(13-17)30(27,28)25-7-5-23(6-8-25)18-14-20(22-21-15-18)24-9-11-29-12-10-24/h2-4,13-15H,5-12H2,1H3. The second-order valence-corrected chi connectivity index (χ2v) is 9.28. The fraction of sp³-hybridized carbons (Fsp3) is 0.450. The van der Waals surface area contributed by atoms with Gasteiger partial charge in [-0.3, -0.25) is 4.79 Å². The molecule has 0 unspecified atom stereocenters. The number of aromatic nitrogens is 2. The van der Waals surface area contributed by atoms with Gasteiger partial charge in [0.05, 0.1) is 30.0 Å². The number of benzene rings is 1. The second-order valence-electron chi connectivity index (χ2n) is 7.35. The van der Waals surface area contributed by atoms with Crippen molar-refractivity contribution in [3.8, 4) is 0 Å². The summed E-state index contributed by atoms with van der Waals surface area (Å²) in [4.78, 5) is 16.0. The van der Waals surface area contributed by atoms with Gasteiger partial charge in [-0.15, -0.1) is 5.10 Å². The summed E-state index contributed by atoms with van der Waals surface area (Å²) in [6.45, 7) is 6.18. The molecule has 2 aliphatic heterocycles. The van der Waals surface area contributed by atoms with Gasteiger partial charge in [0.1, 0.15) is 0 Å². The maximum atomic E-state index is 13.0. The lowest BCUT2D eigenvalue weighted by molar-refractivity contribution is 0.101. The third kappa shape index (κ3) is 4.30. The van der Waals surface area contributed by atoms with Crippen LogP contribution in [0.5, 0.6) is 0 Å². The van der Waals surface area contributed by atoms with Gasteiger partial charge in [0.15, 0.2) is 11.6 Å². The van der Waals surface area contributed by atoms with Crippen LogP contribution in [0.25, 0.3) is 0 Å². The van der Waals surface area contributed by atoms with Crippen molar-refractivity contribution in [2.75, 3.05) is 62.3 Å². The summed E-state index contributed by atoms with van der Waals surface area (Å²) in [6, 6.07) is 8.22. The zero-order valence-corrected chi connectivity index (χ0v) is 17.7. The average Bonchev–Trinajstić information content (AvgIpc) is 2.80. The molecular weight excluding hydrogens is 406 g/mol. The van der Waals surface area contributed by atoms with Crippen molar-refractivity contribution in [3.05, 3.63) is 42.1 Å². The van der Waals surface area contributed by atoms with E-state index in [9.17, 15) is 13.2 Å². The maximum Gasteiger partial charge on any atom is 0.243 e. The predicted octanol–water partition coefficient (Wildman–Crippen LogP) is 1.03. The van der Waals surface area contributed by atoms with E-state index in [4.69, 9.17) is 4.74 Å². The second kappa shape index (κ2) is 8.66. The van der Waals surface area contributed by atoms with Gasteiger partial charge in [0.2, 0.25) is 10.0 Å². The number of piperazine rings is 1. The number of ether oxygens (including phenoxy) is 1. The molecule has 4 rings (SSSR count). The number of nitrogens with zero attached hydrogens (tertiary/aromatic N) is 5. The van der Waals surface area contributed by atoms with E-state index in [1.54, 1.807) is 18.3 Å². The van der Waals surface area contributed by atoms with Gasteiger partial charge in [-0.2, -0.15) is 9.40 Å². The molecule has 9 nitrogen and oxygen atoms in total. The highest BCUT2D eigenvalue weighted by atomic mass is 32.2. The number of ketones is 1. The molecule has 0 aliphatic carbocycles. The number of carbonyl (C=O) groups excluding carboxylic acids is 1. The molecule has 2 aliphatic rings.